The molecule has 6 heteroatoms. The summed E-state index contributed by atoms with van der Waals surface area (Å²) < 4.78 is 0. The van der Waals surface area contributed by atoms with E-state index < -0.39 is 5.25 Å². The lowest BCUT2D eigenvalue weighted by molar-refractivity contribution is -0.124. The summed E-state index contributed by atoms with van der Waals surface area (Å²) in [5.74, 6) is -0.154. The minimum atomic E-state index is -0.406. The van der Waals surface area contributed by atoms with E-state index in [9.17, 15) is 9.59 Å². The number of nitrogens with one attached hydrogen (secondary N) is 2. The van der Waals surface area contributed by atoms with Gasteiger partial charge in [-0.25, -0.2) is 4.98 Å². The van der Waals surface area contributed by atoms with Crippen LogP contribution in [0.2, 0.25) is 0 Å². The molecule has 1 atom stereocenters. The quantitative estimate of drug-likeness (QED) is 0.857. The normalized spacial score (nSPS) is 22.4. The smallest absolute Gasteiger partial charge is 0.238 e. The van der Waals surface area contributed by atoms with E-state index >= 15 is 0 Å². The second kappa shape index (κ2) is 7.55. The lowest BCUT2D eigenvalue weighted by atomic mass is 9.72. The van der Waals surface area contributed by atoms with Crippen molar-refractivity contribution in [1.82, 2.24) is 10.3 Å². The second-order valence-electron chi connectivity index (χ2n) is 6.85. The van der Waals surface area contributed by atoms with Gasteiger partial charge in [-0.05, 0) is 36.8 Å². The highest BCUT2D eigenvalue weighted by atomic mass is 32.2. The predicted molar refractivity (Wildman–Crippen MR) is 95.9 cm³/mol. The first-order chi connectivity index (χ1) is 11.6. The summed E-state index contributed by atoms with van der Waals surface area (Å²) in [5.41, 5.74) is 0.987. The number of hydrogen-bond donors (Lipinski definition) is 2. The second-order valence-corrected chi connectivity index (χ2v) is 8.04. The number of nitrogens with zero attached hydrogens (tertiary/aromatic N) is 1. The summed E-state index contributed by atoms with van der Waals surface area (Å²) in [6, 6.07) is 3.62. The van der Waals surface area contributed by atoms with Gasteiger partial charge in [-0.1, -0.05) is 37.9 Å². The average Bonchev–Trinajstić information content (AvgIpc) is 2.61. The Morgan fingerprint density at radius 3 is 2.96 bits per heavy atom. The highest BCUT2D eigenvalue weighted by Gasteiger charge is 2.32. The van der Waals surface area contributed by atoms with Gasteiger partial charge >= 0.3 is 0 Å². The standard InChI is InChI=1S/C18H25N3O2S/c1-2-18(8-4-3-5-9-18)12-20-15(22)11-14-16(23)21-13-7-6-10-19-17(13)24-14/h6-7,10,14H,2-5,8-9,11-12H2,1H3,(H,20,22)(H,21,23). The van der Waals surface area contributed by atoms with E-state index in [0.29, 0.717) is 0 Å². The molecule has 1 fully saturated rings. The number of aromatic nitrogens is 1. The number of pyridine rings is 1. The molecule has 3 rings (SSSR count). The van der Waals surface area contributed by atoms with Gasteiger partial charge in [-0.2, -0.15) is 0 Å². The largest absolute Gasteiger partial charge is 0.355 e. The first kappa shape index (κ1) is 17.3. The highest BCUT2D eigenvalue weighted by molar-refractivity contribution is 8.00. The molecule has 2 heterocycles. The van der Waals surface area contributed by atoms with Crippen molar-refractivity contribution in [3.05, 3.63) is 18.3 Å². The molecule has 0 bridgehead atoms. The van der Waals surface area contributed by atoms with Gasteiger partial charge in [0.15, 0.2) is 0 Å². The Labute approximate surface area is 147 Å². The first-order valence-electron chi connectivity index (χ1n) is 8.81. The zero-order valence-corrected chi connectivity index (χ0v) is 15.0. The average molecular weight is 347 g/mol. The number of amides is 2. The summed E-state index contributed by atoms with van der Waals surface area (Å²) in [5, 5.41) is 6.30. The minimum Gasteiger partial charge on any atom is -0.355 e. The third-order valence-electron chi connectivity index (χ3n) is 5.27. The van der Waals surface area contributed by atoms with Crippen molar-refractivity contribution in [1.29, 1.82) is 0 Å². The fourth-order valence-electron chi connectivity index (χ4n) is 3.60. The van der Waals surface area contributed by atoms with Gasteiger partial charge in [0.25, 0.3) is 0 Å². The van der Waals surface area contributed by atoms with Gasteiger partial charge in [0.05, 0.1) is 10.9 Å². The van der Waals surface area contributed by atoms with E-state index in [2.05, 4.69) is 22.5 Å². The number of hydrogen-bond acceptors (Lipinski definition) is 4. The first-order valence-corrected chi connectivity index (χ1v) is 9.69. The molecular formula is C18H25N3O2S. The number of carbonyl (C=O) groups is 2. The van der Waals surface area contributed by atoms with E-state index in [4.69, 9.17) is 0 Å². The number of thioether (sulfide) groups is 1. The lowest BCUT2D eigenvalue weighted by Gasteiger charge is -2.36. The van der Waals surface area contributed by atoms with Crippen LogP contribution in [0, 0.1) is 5.41 Å². The van der Waals surface area contributed by atoms with Crippen LogP contribution in [0.5, 0.6) is 0 Å². The molecule has 2 amide bonds. The Hall–Kier alpha value is -1.56. The van der Waals surface area contributed by atoms with Crippen molar-refractivity contribution in [3.63, 3.8) is 0 Å². The van der Waals surface area contributed by atoms with E-state index in [1.165, 1.54) is 43.9 Å². The van der Waals surface area contributed by atoms with Crippen LogP contribution >= 0.6 is 11.8 Å². The van der Waals surface area contributed by atoms with E-state index in [1.807, 2.05) is 6.07 Å². The molecule has 5 nitrogen and oxygen atoms in total. The zero-order valence-electron chi connectivity index (χ0n) is 14.1. The highest BCUT2D eigenvalue weighted by Crippen LogP contribution is 2.39. The van der Waals surface area contributed by atoms with Crippen molar-refractivity contribution >= 4 is 29.3 Å². The Kier molecular flexibility index (Phi) is 5.43. The van der Waals surface area contributed by atoms with Crippen LogP contribution in [0.25, 0.3) is 0 Å². The van der Waals surface area contributed by atoms with Gasteiger partial charge in [0, 0.05) is 19.2 Å². The molecule has 1 aliphatic carbocycles. The van der Waals surface area contributed by atoms with Crippen LogP contribution in [0.1, 0.15) is 51.9 Å². The number of rotatable bonds is 5. The molecule has 0 spiro atoms. The molecule has 1 saturated carbocycles. The molecule has 24 heavy (non-hydrogen) atoms. The molecule has 1 unspecified atom stereocenters. The SMILES string of the molecule is CCC1(CNC(=O)CC2Sc3ncccc3NC2=O)CCCCC1. The van der Waals surface area contributed by atoms with Gasteiger partial charge < -0.3 is 10.6 Å². The Morgan fingerprint density at radius 2 is 2.21 bits per heavy atom. The molecule has 0 radical (unpaired) electrons. The lowest BCUT2D eigenvalue weighted by Crippen LogP contribution is -2.41. The van der Waals surface area contributed by atoms with Gasteiger partial charge in [0.2, 0.25) is 11.8 Å². The molecular weight excluding hydrogens is 322 g/mol. The van der Waals surface area contributed by atoms with Crippen molar-refractivity contribution in [2.45, 2.75) is 62.1 Å². The maximum Gasteiger partial charge on any atom is 0.238 e. The number of anilines is 1. The van der Waals surface area contributed by atoms with E-state index in [-0.39, 0.29) is 23.7 Å². The summed E-state index contributed by atoms with van der Waals surface area (Å²) in [6.07, 6.45) is 9.21. The molecule has 130 valence electrons. The van der Waals surface area contributed by atoms with E-state index in [1.54, 1.807) is 12.3 Å². The van der Waals surface area contributed by atoms with Gasteiger partial charge in [-0.15, -0.1) is 0 Å². The van der Waals surface area contributed by atoms with Crippen LogP contribution < -0.4 is 10.6 Å². The van der Waals surface area contributed by atoms with Crippen LogP contribution in [-0.2, 0) is 9.59 Å². The van der Waals surface area contributed by atoms with Crippen LogP contribution in [0.15, 0.2) is 23.4 Å². The van der Waals surface area contributed by atoms with Gasteiger partial charge in [-0.3, -0.25) is 9.59 Å². The van der Waals surface area contributed by atoms with Crippen molar-refractivity contribution < 1.29 is 9.59 Å². The zero-order chi connectivity index (χ0) is 17.0. The molecule has 0 saturated heterocycles. The van der Waals surface area contributed by atoms with Gasteiger partial charge in [0.1, 0.15) is 5.03 Å². The van der Waals surface area contributed by atoms with Crippen LogP contribution in [-0.4, -0.2) is 28.6 Å². The fraction of sp³-hybridized carbons (Fsp3) is 0.611. The summed E-state index contributed by atoms with van der Waals surface area (Å²) in [7, 11) is 0. The number of fused-ring (bicyclic) bond motifs is 1. The van der Waals surface area contributed by atoms with Crippen molar-refractivity contribution in [2.75, 3.05) is 11.9 Å². The van der Waals surface area contributed by atoms with Crippen molar-refractivity contribution in [3.8, 4) is 0 Å². The third kappa shape index (κ3) is 3.91. The Balaban J connectivity index is 1.54. The van der Waals surface area contributed by atoms with Crippen molar-refractivity contribution in [2.24, 2.45) is 5.41 Å². The summed E-state index contributed by atoms with van der Waals surface area (Å²) in [6.45, 7) is 2.95. The maximum absolute atomic E-state index is 12.3. The molecule has 0 aromatic carbocycles. The Morgan fingerprint density at radius 1 is 1.42 bits per heavy atom. The molecule has 1 aromatic heterocycles. The van der Waals surface area contributed by atoms with Crippen LogP contribution in [0.3, 0.4) is 0 Å². The van der Waals surface area contributed by atoms with E-state index in [0.717, 1.165) is 23.7 Å². The maximum atomic E-state index is 12.3. The topological polar surface area (TPSA) is 71.1 Å². The third-order valence-corrected chi connectivity index (χ3v) is 6.48. The number of carbonyl (C=O) groups excluding carboxylic acids is 2. The Bertz CT molecular complexity index is 614. The summed E-state index contributed by atoms with van der Waals surface area (Å²) >= 11 is 1.38. The minimum absolute atomic E-state index is 0.0413. The molecule has 1 aromatic rings. The molecule has 1 aliphatic heterocycles. The predicted octanol–water partition coefficient (Wildman–Crippen LogP) is 3.36. The fourth-order valence-corrected chi connectivity index (χ4v) is 4.64. The molecule has 2 N–H and O–H groups in total. The van der Waals surface area contributed by atoms with Crippen LogP contribution in [0.4, 0.5) is 5.69 Å². The molecule has 2 aliphatic rings. The summed E-state index contributed by atoms with van der Waals surface area (Å²) in [4.78, 5) is 28.8. The monoisotopic (exact) mass is 347 g/mol.